The van der Waals surface area contributed by atoms with E-state index in [9.17, 15) is 4.79 Å². The molecular formula is C25H29N3O3S. The lowest BCUT2D eigenvalue weighted by Gasteiger charge is -2.36. The molecule has 6 nitrogen and oxygen atoms in total. The van der Waals surface area contributed by atoms with Gasteiger partial charge in [0.2, 0.25) is 5.91 Å². The molecule has 2 aromatic heterocycles. The number of thiazole rings is 1. The van der Waals surface area contributed by atoms with E-state index in [4.69, 9.17) is 9.15 Å². The number of aryl methyl sites for hydroxylation is 1. The van der Waals surface area contributed by atoms with Gasteiger partial charge in [0.25, 0.3) is 0 Å². The standard InChI is InChI=1S/C25H29N3O3S/c1-19-26-21(18-32-19)17-31-24-8-4-3-6-20(24)9-10-25(29)28(16-23-7-5-15-30-23)22-11-13-27(2)14-12-22/h3-10,15,18,22H,11-14,16-17H2,1-2H3/b10-9+. The Balaban J connectivity index is 1.47. The molecule has 7 heteroatoms. The van der Waals surface area contributed by atoms with E-state index in [1.165, 1.54) is 0 Å². The summed E-state index contributed by atoms with van der Waals surface area (Å²) in [6.45, 7) is 4.84. The number of aromatic nitrogens is 1. The molecule has 1 aliphatic heterocycles. The van der Waals surface area contributed by atoms with Crippen molar-refractivity contribution < 1.29 is 13.9 Å². The lowest BCUT2D eigenvalue weighted by atomic mass is 10.0. The van der Waals surface area contributed by atoms with Crippen LogP contribution in [0.15, 0.2) is 58.5 Å². The van der Waals surface area contributed by atoms with Crippen LogP contribution in [0, 0.1) is 6.92 Å². The number of carbonyl (C=O) groups is 1. The van der Waals surface area contributed by atoms with Gasteiger partial charge in [-0.25, -0.2) is 4.98 Å². The maximum atomic E-state index is 13.3. The molecule has 1 aromatic carbocycles. The van der Waals surface area contributed by atoms with Gasteiger partial charge in [0.05, 0.1) is 23.5 Å². The van der Waals surface area contributed by atoms with Crippen LogP contribution >= 0.6 is 11.3 Å². The van der Waals surface area contributed by atoms with Gasteiger partial charge in [-0.15, -0.1) is 11.3 Å². The predicted octanol–water partition coefficient (Wildman–Crippen LogP) is 4.76. The number of rotatable bonds is 8. The highest BCUT2D eigenvalue weighted by Crippen LogP contribution is 2.23. The SMILES string of the molecule is Cc1nc(COc2ccccc2/C=C/C(=O)N(Cc2ccco2)C2CCN(C)CC2)cs1. The van der Waals surface area contributed by atoms with Crippen LogP contribution in [-0.2, 0) is 17.9 Å². The highest BCUT2D eigenvalue weighted by atomic mass is 32.1. The molecule has 0 unspecified atom stereocenters. The Bertz CT molecular complexity index is 1040. The van der Waals surface area contributed by atoms with Crippen molar-refractivity contribution in [2.45, 2.75) is 39.0 Å². The third-order valence-corrected chi connectivity index (χ3v) is 6.51. The zero-order valence-electron chi connectivity index (χ0n) is 18.6. The number of amides is 1. The first-order valence-corrected chi connectivity index (χ1v) is 11.8. The van der Waals surface area contributed by atoms with Crippen LogP contribution in [0.4, 0.5) is 0 Å². The van der Waals surface area contributed by atoms with Crippen molar-refractivity contribution in [1.82, 2.24) is 14.8 Å². The summed E-state index contributed by atoms with van der Waals surface area (Å²) >= 11 is 1.61. The first-order valence-electron chi connectivity index (χ1n) is 10.9. The second kappa shape index (κ2) is 10.6. The Hall–Kier alpha value is -2.90. The van der Waals surface area contributed by atoms with Crippen molar-refractivity contribution in [3.63, 3.8) is 0 Å². The second-order valence-electron chi connectivity index (χ2n) is 8.10. The quantitative estimate of drug-likeness (QED) is 0.462. The highest BCUT2D eigenvalue weighted by molar-refractivity contribution is 7.09. The molecule has 1 saturated heterocycles. The first kappa shape index (κ1) is 22.3. The van der Waals surface area contributed by atoms with Crippen molar-refractivity contribution in [3.8, 4) is 5.75 Å². The summed E-state index contributed by atoms with van der Waals surface area (Å²) in [5, 5.41) is 3.03. The largest absolute Gasteiger partial charge is 0.487 e. The third-order valence-electron chi connectivity index (χ3n) is 5.68. The molecule has 1 fully saturated rings. The van der Waals surface area contributed by atoms with E-state index in [0.29, 0.717) is 13.2 Å². The monoisotopic (exact) mass is 451 g/mol. The Labute approximate surface area is 193 Å². The van der Waals surface area contributed by atoms with Crippen LogP contribution in [0.1, 0.15) is 34.9 Å². The van der Waals surface area contributed by atoms with Crippen LogP contribution in [-0.4, -0.2) is 46.9 Å². The molecule has 0 saturated carbocycles. The number of nitrogens with zero attached hydrogens (tertiary/aromatic N) is 3. The fraction of sp³-hybridized carbons (Fsp3) is 0.360. The lowest BCUT2D eigenvalue weighted by molar-refractivity contribution is -0.130. The van der Waals surface area contributed by atoms with Gasteiger partial charge in [0.1, 0.15) is 18.1 Å². The highest BCUT2D eigenvalue weighted by Gasteiger charge is 2.26. The molecule has 1 amide bonds. The molecule has 0 atom stereocenters. The number of furan rings is 1. The molecule has 0 bridgehead atoms. The van der Waals surface area contributed by atoms with Crippen LogP contribution in [0.25, 0.3) is 6.08 Å². The predicted molar refractivity (Wildman–Crippen MR) is 126 cm³/mol. The summed E-state index contributed by atoms with van der Waals surface area (Å²) in [5.74, 6) is 1.52. The Morgan fingerprint density at radius 3 is 2.81 bits per heavy atom. The number of carbonyl (C=O) groups excluding carboxylic acids is 1. The van der Waals surface area contributed by atoms with E-state index >= 15 is 0 Å². The Morgan fingerprint density at radius 1 is 1.28 bits per heavy atom. The van der Waals surface area contributed by atoms with Gasteiger partial charge in [-0.05, 0) is 64.2 Å². The number of para-hydroxylation sites is 1. The number of hydrogen-bond donors (Lipinski definition) is 0. The zero-order chi connectivity index (χ0) is 22.3. The average molecular weight is 452 g/mol. The zero-order valence-corrected chi connectivity index (χ0v) is 19.4. The number of ether oxygens (including phenoxy) is 1. The molecule has 3 aromatic rings. The van der Waals surface area contributed by atoms with E-state index < -0.39 is 0 Å². The van der Waals surface area contributed by atoms with Crippen molar-refractivity contribution in [3.05, 3.63) is 76.1 Å². The van der Waals surface area contributed by atoms with Crippen molar-refractivity contribution in [2.75, 3.05) is 20.1 Å². The molecule has 0 radical (unpaired) electrons. The van der Waals surface area contributed by atoms with Gasteiger partial charge in [-0.1, -0.05) is 18.2 Å². The maximum Gasteiger partial charge on any atom is 0.247 e. The molecule has 3 heterocycles. The Kier molecular flexibility index (Phi) is 7.39. The van der Waals surface area contributed by atoms with Crippen molar-refractivity contribution in [1.29, 1.82) is 0 Å². The minimum Gasteiger partial charge on any atom is -0.487 e. The normalized spacial score (nSPS) is 15.3. The fourth-order valence-corrected chi connectivity index (χ4v) is 4.49. The number of benzene rings is 1. The molecule has 4 rings (SSSR count). The van der Waals surface area contributed by atoms with E-state index in [2.05, 4.69) is 16.9 Å². The first-order chi connectivity index (χ1) is 15.6. The fourth-order valence-electron chi connectivity index (χ4n) is 3.90. The molecule has 0 aliphatic carbocycles. The minimum atomic E-state index is -0.0131. The summed E-state index contributed by atoms with van der Waals surface area (Å²) < 4.78 is 11.5. The summed E-state index contributed by atoms with van der Waals surface area (Å²) in [4.78, 5) is 21.9. The molecule has 0 spiro atoms. The Morgan fingerprint density at radius 2 is 2.09 bits per heavy atom. The minimum absolute atomic E-state index is 0.0131. The molecule has 32 heavy (non-hydrogen) atoms. The smallest absolute Gasteiger partial charge is 0.247 e. The number of hydrogen-bond acceptors (Lipinski definition) is 6. The number of piperidine rings is 1. The van der Waals surface area contributed by atoms with Gasteiger partial charge in [-0.3, -0.25) is 4.79 Å². The van der Waals surface area contributed by atoms with Crippen LogP contribution in [0.3, 0.4) is 0 Å². The van der Waals surface area contributed by atoms with Gasteiger partial charge >= 0.3 is 0 Å². The molecular weight excluding hydrogens is 422 g/mol. The van der Waals surface area contributed by atoms with Crippen molar-refractivity contribution >= 4 is 23.3 Å². The van der Waals surface area contributed by atoms with E-state index in [-0.39, 0.29) is 11.9 Å². The number of likely N-dealkylation sites (tertiary alicyclic amines) is 1. The van der Waals surface area contributed by atoms with E-state index in [0.717, 1.165) is 53.7 Å². The summed E-state index contributed by atoms with van der Waals surface area (Å²) in [6.07, 6.45) is 7.07. The molecule has 168 valence electrons. The van der Waals surface area contributed by atoms with Crippen molar-refractivity contribution in [2.24, 2.45) is 0 Å². The maximum absolute atomic E-state index is 13.3. The molecule has 1 aliphatic rings. The van der Waals surface area contributed by atoms with Gasteiger partial charge in [0.15, 0.2) is 0 Å². The topological polar surface area (TPSA) is 58.8 Å². The van der Waals surface area contributed by atoms with Gasteiger partial charge < -0.3 is 19.0 Å². The van der Waals surface area contributed by atoms with Crippen LogP contribution in [0.5, 0.6) is 5.75 Å². The van der Waals surface area contributed by atoms with Crippen LogP contribution < -0.4 is 4.74 Å². The summed E-state index contributed by atoms with van der Waals surface area (Å²) in [5.41, 5.74) is 1.78. The molecule has 0 N–H and O–H groups in total. The van der Waals surface area contributed by atoms with E-state index in [1.807, 2.05) is 59.7 Å². The summed E-state index contributed by atoms with van der Waals surface area (Å²) in [7, 11) is 2.12. The van der Waals surface area contributed by atoms with E-state index in [1.54, 1.807) is 23.7 Å². The average Bonchev–Trinajstić information content (AvgIpc) is 3.47. The van der Waals surface area contributed by atoms with Gasteiger partial charge in [-0.2, -0.15) is 0 Å². The third kappa shape index (κ3) is 5.87. The lowest BCUT2D eigenvalue weighted by Crippen LogP contribution is -2.45. The van der Waals surface area contributed by atoms with Gasteiger partial charge in [0, 0.05) is 23.1 Å². The van der Waals surface area contributed by atoms with Crippen LogP contribution in [0.2, 0.25) is 0 Å². The second-order valence-corrected chi connectivity index (χ2v) is 9.16. The summed E-state index contributed by atoms with van der Waals surface area (Å²) in [6, 6.07) is 11.7.